The molecule has 114 valence electrons. The van der Waals surface area contributed by atoms with Gasteiger partial charge in [-0.1, -0.05) is 27.7 Å². The first-order chi connectivity index (χ1) is 9.35. The quantitative estimate of drug-likeness (QED) is 0.812. The highest BCUT2D eigenvalue weighted by Crippen LogP contribution is 2.33. The van der Waals surface area contributed by atoms with Crippen LogP contribution in [0.15, 0.2) is 6.07 Å². The zero-order valence-corrected chi connectivity index (χ0v) is 14.0. The molecule has 0 fully saturated rings. The predicted octanol–water partition coefficient (Wildman–Crippen LogP) is 3.20. The second-order valence-electron chi connectivity index (χ2n) is 5.92. The zero-order valence-electron chi connectivity index (χ0n) is 13.2. The molecule has 3 N–H and O–H groups in total. The fourth-order valence-corrected chi connectivity index (χ4v) is 3.12. The summed E-state index contributed by atoms with van der Waals surface area (Å²) < 4.78 is 0. The first-order valence-corrected chi connectivity index (χ1v) is 8.09. The van der Waals surface area contributed by atoms with Gasteiger partial charge >= 0.3 is 0 Å². The highest BCUT2D eigenvalue weighted by atomic mass is 32.1. The summed E-state index contributed by atoms with van der Waals surface area (Å²) >= 11 is 1.49. The summed E-state index contributed by atoms with van der Waals surface area (Å²) in [4.78, 5) is 14.9. The van der Waals surface area contributed by atoms with Crippen molar-refractivity contribution in [2.24, 2.45) is 11.8 Å². The van der Waals surface area contributed by atoms with Crippen molar-refractivity contribution in [1.29, 1.82) is 0 Å². The number of nitrogens with two attached hydrogens (primary N) is 1. The second-order valence-corrected chi connectivity index (χ2v) is 6.95. The summed E-state index contributed by atoms with van der Waals surface area (Å²) in [6, 6.07) is 1.93. The Morgan fingerprint density at radius 2 is 1.85 bits per heavy atom. The topological polar surface area (TPSA) is 58.4 Å². The summed E-state index contributed by atoms with van der Waals surface area (Å²) in [5.74, 6) is 1.07. The number of amides is 1. The van der Waals surface area contributed by atoms with Gasteiger partial charge in [0.15, 0.2) is 0 Å². The van der Waals surface area contributed by atoms with E-state index in [1.807, 2.05) is 13.0 Å². The van der Waals surface area contributed by atoms with Crippen LogP contribution in [0.25, 0.3) is 0 Å². The van der Waals surface area contributed by atoms with Crippen LogP contribution in [0.4, 0.5) is 10.7 Å². The Hall–Kier alpha value is -1.23. The molecule has 0 radical (unpaired) electrons. The average molecular weight is 297 g/mol. The third-order valence-corrected chi connectivity index (χ3v) is 3.98. The Morgan fingerprint density at radius 1 is 1.30 bits per heavy atom. The Bertz CT molecular complexity index is 430. The van der Waals surface area contributed by atoms with Crippen molar-refractivity contribution in [2.45, 2.75) is 34.6 Å². The fourth-order valence-electron chi connectivity index (χ4n) is 2.10. The smallest absolute Gasteiger partial charge is 0.263 e. The van der Waals surface area contributed by atoms with Crippen molar-refractivity contribution in [3.63, 3.8) is 0 Å². The number of thiophene rings is 1. The zero-order chi connectivity index (χ0) is 15.3. The van der Waals surface area contributed by atoms with E-state index >= 15 is 0 Å². The van der Waals surface area contributed by atoms with Gasteiger partial charge in [0.1, 0.15) is 4.88 Å². The van der Waals surface area contributed by atoms with E-state index < -0.39 is 0 Å². The van der Waals surface area contributed by atoms with E-state index in [4.69, 9.17) is 5.73 Å². The summed E-state index contributed by atoms with van der Waals surface area (Å²) in [7, 11) is 0. The number of rotatable bonds is 7. The highest BCUT2D eigenvalue weighted by Gasteiger charge is 2.18. The monoisotopic (exact) mass is 297 g/mol. The van der Waals surface area contributed by atoms with Crippen molar-refractivity contribution in [1.82, 2.24) is 5.32 Å². The highest BCUT2D eigenvalue weighted by molar-refractivity contribution is 7.18. The van der Waals surface area contributed by atoms with Gasteiger partial charge in [0, 0.05) is 19.6 Å². The van der Waals surface area contributed by atoms with Gasteiger partial charge in [-0.3, -0.25) is 4.79 Å². The minimum atomic E-state index is -0.0738. The van der Waals surface area contributed by atoms with E-state index in [1.165, 1.54) is 11.3 Å². The van der Waals surface area contributed by atoms with Crippen LogP contribution in [0.3, 0.4) is 0 Å². The lowest BCUT2D eigenvalue weighted by Crippen LogP contribution is -2.30. The molecule has 20 heavy (non-hydrogen) atoms. The van der Waals surface area contributed by atoms with Crippen LogP contribution in [0.2, 0.25) is 0 Å². The van der Waals surface area contributed by atoms with Crippen LogP contribution < -0.4 is 16.0 Å². The minimum Gasteiger partial charge on any atom is -0.397 e. The molecule has 1 amide bonds. The van der Waals surface area contributed by atoms with Gasteiger partial charge in [-0.25, -0.2) is 0 Å². The number of carbonyl (C=O) groups excluding carboxylic acids is 1. The molecule has 0 aromatic carbocycles. The molecule has 0 saturated carbocycles. The van der Waals surface area contributed by atoms with E-state index in [9.17, 15) is 4.79 Å². The molecule has 4 nitrogen and oxygen atoms in total. The lowest BCUT2D eigenvalue weighted by atomic mass is 10.1. The lowest BCUT2D eigenvalue weighted by molar-refractivity contribution is 0.0960. The maximum absolute atomic E-state index is 11.9. The number of anilines is 2. The number of carbonyl (C=O) groups is 1. The Balaban J connectivity index is 2.96. The van der Waals surface area contributed by atoms with Crippen LogP contribution in [0.5, 0.6) is 0 Å². The third kappa shape index (κ3) is 4.71. The molecule has 1 aromatic heterocycles. The van der Waals surface area contributed by atoms with Crippen molar-refractivity contribution in [3.8, 4) is 0 Å². The Labute approximate surface area is 126 Å². The SMILES string of the molecule is CCNC(=O)c1sc(N(CC(C)C)CC(C)C)cc1N. The summed E-state index contributed by atoms with van der Waals surface area (Å²) in [6.45, 7) is 13.3. The number of nitrogens with one attached hydrogen (secondary N) is 1. The van der Waals surface area contributed by atoms with Gasteiger partial charge in [0.2, 0.25) is 0 Å². The maximum atomic E-state index is 11.9. The van der Waals surface area contributed by atoms with Crippen LogP contribution in [0.1, 0.15) is 44.3 Å². The molecule has 0 atom stereocenters. The molecule has 1 heterocycles. The number of nitrogen functional groups attached to an aromatic ring is 1. The van der Waals surface area contributed by atoms with E-state index in [2.05, 4.69) is 37.9 Å². The molecule has 0 saturated heterocycles. The summed E-state index contributed by atoms with van der Waals surface area (Å²) in [6.07, 6.45) is 0. The van der Waals surface area contributed by atoms with Gasteiger partial charge in [-0.2, -0.15) is 0 Å². The van der Waals surface area contributed by atoms with Crippen LogP contribution >= 0.6 is 11.3 Å². The summed E-state index contributed by atoms with van der Waals surface area (Å²) in [5.41, 5.74) is 6.57. The molecule has 0 bridgehead atoms. The third-order valence-electron chi connectivity index (χ3n) is 2.77. The van der Waals surface area contributed by atoms with E-state index in [0.717, 1.165) is 18.1 Å². The first-order valence-electron chi connectivity index (χ1n) is 7.27. The number of hydrogen-bond acceptors (Lipinski definition) is 4. The van der Waals surface area contributed by atoms with Crippen LogP contribution in [-0.4, -0.2) is 25.5 Å². The first kappa shape index (κ1) is 16.8. The normalized spacial score (nSPS) is 11.2. The maximum Gasteiger partial charge on any atom is 0.263 e. The molecule has 0 unspecified atom stereocenters. The second kappa shape index (κ2) is 7.53. The van der Waals surface area contributed by atoms with Crippen molar-refractivity contribution in [2.75, 3.05) is 30.3 Å². The van der Waals surface area contributed by atoms with Crippen molar-refractivity contribution in [3.05, 3.63) is 10.9 Å². The van der Waals surface area contributed by atoms with Crippen LogP contribution in [-0.2, 0) is 0 Å². The average Bonchev–Trinajstić information content (AvgIpc) is 2.69. The van der Waals surface area contributed by atoms with Crippen molar-refractivity contribution >= 4 is 27.9 Å². The fraction of sp³-hybridized carbons (Fsp3) is 0.667. The van der Waals surface area contributed by atoms with Gasteiger partial charge < -0.3 is 16.0 Å². The molecule has 0 spiro atoms. The van der Waals surface area contributed by atoms with E-state index in [1.54, 1.807) is 0 Å². The molecule has 0 aliphatic carbocycles. The van der Waals surface area contributed by atoms with Gasteiger partial charge in [0.25, 0.3) is 5.91 Å². The largest absolute Gasteiger partial charge is 0.397 e. The summed E-state index contributed by atoms with van der Waals surface area (Å²) in [5, 5.41) is 3.90. The number of nitrogens with zero attached hydrogens (tertiary/aromatic N) is 1. The minimum absolute atomic E-state index is 0.0738. The standard InChI is InChI=1S/C15H27N3OS/c1-6-17-15(19)14-12(16)7-13(20-14)18(8-10(2)3)9-11(4)5/h7,10-11H,6,8-9,16H2,1-5H3,(H,17,19). The molecule has 0 aliphatic rings. The molecule has 1 rings (SSSR count). The predicted molar refractivity (Wildman–Crippen MR) is 88.6 cm³/mol. The van der Waals surface area contributed by atoms with Gasteiger partial charge in [0.05, 0.1) is 10.7 Å². The van der Waals surface area contributed by atoms with Crippen molar-refractivity contribution < 1.29 is 4.79 Å². The van der Waals surface area contributed by atoms with Gasteiger partial charge in [-0.15, -0.1) is 11.3 Å². The molecule has 5 heteroatoms. The van der Waals surface area contributed by atoms with Gasteiger partial charge in [-0.05, 0) is 24.8 Å². The molecular weight excluding hydrogens is 270 g/mol. The Morgan fingerprint density at radius 3 is 2.30 bits per heavy atom. The molecular formula is C15H27N3OS. The van der Waals surface area contributed by atoms with Crippen LogP contribution in [0, 0.1) is 11.8 Å². The Kier molecular flexibility index (Phi) is 6.33. The molecule has 1 aromatic rings. The van der Waals surface area contributed by atoms with E-state index in [0.29, 0.717) is 28.9 Å². The lowest BCUT2D eigenvalue weighted by Gasteiger charge is -2.26. The molecule has 0 aliphatic heterocycles. The van der Waals surface area contributed by atoms with E-state index in [-0.39, 0.29) is 5.91 Å². The number of hydrogen-bond donors (Lipinski definition) is 2.